The molecule has 0 bridgehead atoms. The average Bonchev–Trinajstić information content (AvgIpc) is 3.58. The molecule has 3 fully saturated rings. The van der Waals surface area contributed by atoms with E-state index < -0.39 is 5.60 Å². The Morgan fingerprint density at radius 3 is 2.80 bits per heavy atom. The van der Waals surface area contributed by atoms with Crippen LogP contribution >= 0.6 is 0 Å². The molecule has 0 unspecified atom stereocenters. The van der Waals surface area contributed by atoms with Gasteiger partial charge in [0.25, 0.3) is 5.91 Å². The second kappa shape index (κ2) is 12.0. The van der Waals surface area contributed by atoms with Gasteiger partial charge in [-0.2, -0.15) is 0 Å². The van der Waals surface area contributed by atoms with Crippen molar-refractivity contribution < 1.29 is 19.1 Å². The van der Waals surface area contributed by atoms with Crippen LogP contribution in [0.2, 0.25) is 0 Å². The molecule has 2 aliphatic carbocycles. The van der Waals surface area contributed by atoms with Gasteiger partial charge in [0, 0.05) is 50.1 Å². The molecule has 1 aliphatic heterocycles. The van der Waals surface area contributed by atoms with Crippen LogP contribution in [-0.4, -0.2) is 68.3 Å². The zero-order valence-corrected chi connectivity index (χ0v) is 25.8. The number of ether oxygens (including phenoxy) is 1. The minimum absolute atomic E-state index is 0.0372. The van der Waals surface area contributed by atoms with E-state index in [9.17, 15) is 9.90 Å². The standard InChI is InChI=1S/C35H43N5O4/c1-23-28(13-14-29-31(23)38-24(2)44-29)43-19-15-27-21-36-17-18-39(27)34(41)32-33(26-8-4-3-5-9-26)40(22-37-32)30-10-6-7-16-35(30,42)20-25-11-12-25/h3-5,8-9,13-14,22,25,27,30,36,42H,6-7,10-12,15-21H2,1-2H3/t27-,30-,35-/m1/s1. The molecule has 1 saturated heterocycles. The third kappa shape index (κ3) is 5.63. The monoisotopic (exact) mass is 597 g/mol. The highest BCUT2D eigenvalue weighted by Gasteiger charge is 2.45. The second-order valence-electron chi connectivity index (χ2n) is 13.0. The number of carbonyl (C=O) groups excluding carboxylic acids is 1. The highest BCUT2D eigenvalue weighted by molar-refractivity contribution is 5.98. The fraction of sp³-hybridized carbons (Fsp3) is 0.514. The van der Waals surface area contributed by atoms with Gasteiger partial charge in [-0.1, -0.05) is 56.0 Å². The van der Waals surface area contributed by atoms with Crippen LogP contribution in [0.3, 0.4) is 0 Å². The fourth-order valence-electron chi connectivity index (χ4n) is 7.40. The van der Waals surface area contributed by atoms with E-state index in [0.717, 1.165) is 72.3 Å². The summed E-state index contributed by atoms with van der Waals surface area (Å²) in [5.74, 6) is 1.96. The molecule has 3 aliphatic rings. The molecule has 1 amide bonds. The number of carbonyl (C=O) groups is 1. The summed E-state index contributed by atoms with van der Waals surface area (Å²) >= 11 is 0. The van der Waals surface area contributed by atoms with Gasteiger partial charge in [0.15, 0.2) is 17.2 Å². The Bertz CT molecular complexity index is 1630. The number of aryl methyl sites for hydroxylation is 2. The van der Waals surface area contributed by atoms with Crippen LogP contribution in [0, 0.1) is 19.8 Å². The van der Waals surface area contributed by atoms with E-state index in [0.29, 0.717) is 43.6 Å². The lowest BCUT2D eigenvalue weighted by atomic mass is 9.76. The number of nitrogens with one attached hydrogen (secondary N) is 1. The van der Waals surface area contributed by atoms with E-state index in [2.05, 4.69) is 14.9 Å². The maximum absolute atomic E-state index is 14.4. The summed E-state index contributed by atoms with van der Waals surface area (Å²) in [4.78, 5) is 25.7. The predicted molar refractivity (Wildman–Crippen MR) is 169 cm³/mol. The summed E-state index contributed by atoms with van der Waals surface area (Å²) in [5, 5.41) is 15.5. The molecular weight excluding hydrogens is 554 g/mol. The van der Waals surface area contributed by atoms with Crippen molar-refractivity contribution >= 4 is 17.0 Å². The van der Waals surface area contributed by atoms with Gasteiger partial charge >= 0.3 is 0 Å². The molecule has 3 heterocycles. The Morgan fingerprint density at radius 2 is 1.98 bits per heavy atom. The topological polar surface area (TPSA) is 106 Å². The van der Waals surface area contributed by atoms with Gasteiger partial charge in [-0.25, -0.2) is 9.97 Å². The first-order valence-electron chi connectivity index (χ1n) is 16.3. The van der Waals surface area contributed by atoms with E-state index in [1.165, 1.54) is 12.8 Å². The third-order valence-corrected chi connectivity index (χ3v) is 9.87. The van der Waals surface area contributed by atoms with Gasteiger partial charge in [0.2, 0.25) is 0 Å². The highest BCUT2D eigenvalue weighted by atomic mass is 16.5. The van der Waals surface area contributed by atoms with Crippen LogP contribution in [0.4, 0.5) is 0 Å². The molecule has 4 aromatic rings. The number of benzene rings is 2. The van der Waals surface area contributed by atoms with Gasteiger partial charge in [-0.05, 0) is 44.2 Å². The molecule has 2 aromatic carbocycles. The van der Waals surface area contributed by atoms with Crippen molar-refractivity contribution in [2.75, 3.05) is 26.2 Å². The first-order chi connectivity index (χ1) is 21.4. The minimum atomic E-state index is -0.773. The van der Waals surface area contributed by atoms with Gasteiger partial charge < -0.3 is 29.0 Å². The zero-order chi connectivity index (χ0) is 30.3. The maximum atomic E-state index is 14.4. The molecule has 7 rings (SSSR count). The predicted octanol–water partition coefficient (Wildman–Crippen LogP) is 5.84. The molecule has 0 radical (unpaired) electrons. The van der Waals surface area contributed by atoms with E-state index in [1.807, 2.05) is 67.5 Å². The van der Waals surface area contributed by atoms with Crippen molar-refractivity contribution in [2.24, 2.45) is 5.92 Å². The number of fused-ring (bicyclic) bond motifs is 1. The molecule has 232 valence electrons. The molecule has 2 saturated carbocycles. The van der Waals surface area contributed by atoms with Gasteiger partial charge in [0.1, 0.15) is 11.3 Å². The number of oxazole rings is 1. The van der Waals surface area contributed by atoms with Gasteiger partial charge in [-0.3, -0.25) is 4.79 Å². The van der Waals surface area contributed by atoms with Gasteiger partial charge in [0.05, 0.1) is 30.3 Å². The molecule has 3 atom stereocenters. The number of aliphatic hydroxyl groups is 1. The number of hydrogen-bond acceptors (Lipinski definition) is 7. The van der Waals surface area contributed by atoms with Crippen molar-refractivity contribution in [3.63, 3.8) is 0 Å². The van der Waals surface area contributed by atoms with Gasteiger partial charge in [-0.15, -0.1) is 0 Å². The van der Waals surface area contributed by atoms with Crippen molar-refractivity contribution in [2.45, 2.75) is 82.9 Å². The quantitative estimate of drug-likeness (QED) is 0.250. The zero-order valence-electron chi connectivity index (χ0n) is 25.8. The summed E-state index contributed by atoms with van der Waals surface area (Å²) in [6.45, 7) is 6.34. The van der Waals surface area contributed by atoms with Crippen LogP contribution < -0.4 is 10.1 Å². The molecule has 9 heteroatoms. The van der Waals surface area contributed by atoms with E-state index in [4.69, 9.17) is 14.1 Å². The number of aromatic nitrogens is 3. The minimum Gasteiger partial charge on any atom is -0.493 e. The van der Waals surface area contributed by atoms with E-state index >= 15 is 0 Å². The average molecular weight is 598 g/mol. The lowest BCUT2D eigenvalue weighted by Crippen LogP contribution is -2.54. The number of piperazine rings is 1. The highest BCUT2D eigenvalue weighted by Crippen LogP contribution is 2.48. The molecule has 9 nitrogen and oxygen atoms in total. The van der Waals surface area contributed by atoms with Crippen LogP contribution in [-0.2, 0) is 0 Å². The first-order valence-corrected chi connectivity index (χ1v) is 16.3. The van der Waals surface area contributed by atoms with Crippen molar-refractivity contribution in [1.29, 1.82) is 0 Å². The number of rotatable bonds is 9. The second-order valence-corrected chi connectivity index (χ2v) is 13.0. The molecular formula is C35H43N5O4. The first kappa shape index (κ1) is 29.0. The fourth-order valence-corrected chi connectivity index (χ4v) is 7.40. The van der Waals surface area contributed by atoms with E-state index in [-0.39, 0.29) is 18.0 Å². The Morgan fingerprint density at radius 1 is 1.14 bits per heavy atom. The molecule has 2 aromatic heterocycles. The molecule has 0 spiro atoms. The number of hydrogen-bond donors (Lipinski definition) is 2. The number of nitrogens with zero attached hydrogens (tertiary/aromatic N) is 4. The number of imidazole rings is 1. The number of amides is 1. The SMILES string of the molecule is Cc1nc2c(C)c(OCC[C@@H]3CNCCN3C(=O)c3ncn([C@@H]4CCCC[C@@]4(O)CC4CC4)c3-c3ccccc3)ccc2o1. The molecule has 44 heavy (non-hydrogen) atoms. The maximum Gasteiger partial charge on any atom is 0.275 e. The van der Waals surface area contributed by atoms with E-state index in [1.54, 1.807) is 0 Å². The molecule has 2 N–H and O–H groups in total. The summed E-state index contributed by atoms with van der Waals surface area (Å²) in [6.07, 6.45) is 9.52. The summed E-state index contributed by atoms with van der Waals surface area (Å²) < 4.78 is 14.0. The van der Waals surface area contributed by atoms with Crippen LogP contribution in [0.15, 0.2) is 53.2 Å². The lowest BCUT2D eigenvalue weighted by molar-refractivity contribution is -0.0518. The van der Waals surface area contributed by atoms with Crippen molar-refractivity contribution in [3.8, 4) is 17.0 Å². The summed E-state index contributed by atoms with van der Waals surface area (Å²) in [5.41, 5.74) is 4.00. The van der Waals surface area contributed by atoms with Crippen LogP contribution in [0.25, 0.3) is 22.4 Å². The normalized spacial score (nSPS) is 24.1. The van der Waals surface area contributed by atoms with Crippen molar-refractivity contribution in [1.82, 2.24) is 24.8 Å². The van der Waals surface area contributed by atoms with Crippen LogP contribution in [0.5, 0.6) is 5.75 Å². The Balaban J connectivity index is 1.14. The smallest absolute Gasteiger partial charge is 0.275 e. The Hall–Kier alpha value is -3.69. The lowest BCUT2D eigenvalue weighted by Gasteiger charge is -2.42. The van der Waals surface area contributed by atoms with Crippen molar-refractivity contribution in [3.05, 3.63) is 65.9 Å². The Labute approximate surface area is 258 Å². The summed E-state index contributed by atoms with van der Waals surface area (Å²) in [6, 6.07) is 13.8. The van der Waals surface area contributed by atoms with Crippen LogP contribution in [0.1, 0.15) is 79.4 Å². The summed E-state index contributed by atoms with van der Waals surface area (Å²) in [7, 11) is 0. The Kier molecular flexibility index (Phi) is 7.93. The third-order valence-electron chi connectivity index (χ3n) is 9.87. The largest absolute Gasteiger partial charge is 0.493 e.